The molecule has 2 N–H and O–H groups in total. The second-order valence-electron chi connectivity index (χ2n) is 4.18. The summed E-state index contributed by atoms with van der Waals surface area (Å²) in [5.41, 5.74) is 1.65. The number of aryl methyl sites for hydroxylation is 1. The lowest BCUT2D eigenvalue weighted by Gasteiger charge is -2.21. The third-order valence-corrected chi connectivity index (χ3v) is 3.90. The van der Waals surface area contributed by atoms with Crippen LogP contribution in [-0.4, -0.2) is 24.0 Å². The number of carbonyl (C=O) groups is 1. The number of aliphatic carboxylic acids is 1. The van der Waals surface area contributed by atoms with Crippen molar-refractivity contribution in [3.8, 4) is 0 Å². The first kappa shape index (κ1) is 12.1. The van der Waals surface area contributed by atoms with E-state index in [2.05, 4.69) is 0 Å². The molecule has 1 aliphatic rings. The Balaban J connectivity index is 2.39. The average Bonchev–Trinajstić information content (AvgIpc) is 2.26. The predicted molar refractivity (Wildman–Crippen MR) is 59.4 cm³/mol. The van der Waals surface area contributed by atoms with Crippen LogP contribution in [0.2, 0.25) is 0 Å². The lowest BCUT2D eigenvalue weighted by atomic mass is 9.84. The number of hydrogen-bond donors (Lipinski definition) is 2. The van der Waals surface area contributed by atoms with Gasteiger partial charge in [-0.15, -0.1) is 0 Å². The summed E-state index contributed by atoms with van der Waals surface area (Å²) in [6, 6.07) is 4.34. The van der Waals surface area contributed by atoms with Crippen molar-refractivity contribution in [2.24, 2.45) is 5.92 Å². The summed E-state index contributed by atoms with van der Waals surface area (Å²) in [5, 5.41) is 8.93. The quantitative estimate of drug-likeness (QED) is 0.774. The van der Waals surface area contributed by atoms with Crippen molar-refractivity contribution >= 4 is 16.1 Å². The number of carboxylic acid groups (broad SMARTS) is 1. The predicted octanol–water partition coefficient (Wildman–Crippen LogP) is 1.12. The molecule has 1 aromatic rings. The Hall–Kier alpha value is -1.40. The van der Waals surface area contributed by atoms with Gasteiger partial charge in [0.25, 0.3) is 10.1 Å². The maximum absolute atomic E-state index is 11.0. The van der Waals surface area contributed by atoms with Gasteiger partial charge in [-0.3, -0.25) is 9.35 Å². The van der Waals surface area contributed by atoms with Crippen molar-refractivity contribution in [2.75, 3.05) is 0 Å². The van der Waals surface area contributed by atoms with Gasteiger partial charge in [0.05, 0.1) is 10.8 Å². The van der Waals surface area contributed by atoms with Gasteiger partial charge >= 0.3 is 5.97 Å². The minimum absolute atomic E-state index is 0.178. The normalized spacial score (nSPS) is 19.7. The molecule has 0 radical (unpaired) electrons. The zero-order valence-electron chi connectivity index (χ0n) is 8.96. The molecule has 0 aliphatic heterocycles. The maximum atomic E-state index is 11.0. The third kappa shape index (κ3) is 2.48. The van der Waals surface area contributed by atoms with Crippen molar-refractivity contribution < 1.29 is 22.9 Å². The van der Waals surface area contributed by atoms with E-state index >= 15 is 0 Å². The molecule has 1 aliphatic carbocycles. The standard InChI is InChI=1S/C11H12O5S/c12-11(13)8-2-1-7-3-4-10(17(14,15)16)6-9(7)5-8/h3-4,6,8H,1-2,5H2,(H,12,13)(H,14,15,16). The van der Waals surface area contributed by atoms with Gasteiger partial charge in [0.2, 0.25) is 0 Å². The molecule has 0 amide bonds. The summed E-state index contributed by atoms with van der Waals surface area (Å²) in [5.74, 6) is -1.34. The summed E-state index contributed by atoms with van der Waals surface area (Å²) in [7, 11) is -4.22. The summed E-state index contributed by atoms with van der Waals surface area (Å²) in [6.07, 6.45) is 1.50. The van der Waals surface area contributed by atoms with E-state index in [1.807, 2.05) is 0 Å². The fourth-order valence-corrected chi connectivity index (χ4v) is 2.64. The third-order valence-electron chi connectivity index (χ3n) is 3.05. The van der Waals surface area contributed by atoms with Crippen LogP contribution in [-0.2, 0) is 27.8 Å². The molecule has 1 unspecified atom stereocenters. The SMILES string of the molecule is O=C(O)C1CCc2ccc(S(=O)(=O)O)cc2C1. The molecule has 17 heavy (non-hydrogen) atoms. The van der Waals surface area contributed by atoms with Gasteiger partial charge in [0.15, 0.2) is 0 Å². The maximum Gasteiger partial charge on any atom is 0.306 e. The molecule has 0 saturated heterocycles. The van der Waals surface area contributed by atoms with E-state index in [1.54, 1.807) is 6.07 Å². The molecule has 0 heterocycles. The highest BCUT2D eigenvalue weighted by Crippen LogP contribution is 2.27. The van der Waals surface area contributed by atoms with Crippen molar-refractivity contribution in [2.45, 2.75) is 24.2 Å². The van der Waals surface area contributed by atoms with Crippen LogP contribution in [0.4, 0.5) is 0 Å². The Kier molecular flexibility index (Phi) is 2.92. The Bertz CT molecular complexity index is 561. The van der Waals surface area contributed by atoms with Gasteiger partial charge < -0.3 is 5.11 Å². The van der Waals surface area contributed by atoms with E-state index < -0.39 is 22.0 Å². The molecule has 1 atom stereocenters. The van der Waals surface area contributed by atoms with Crippen LogP contribution in [0.15, 0.2) is 23.1 Å². The van der Waals surface area contributed by atoms with E-state index in [1.165, 1.54) is 12.1 Å². The van der Waals surface area contributed by atoms with E-state index in [4.69, 9.17) is 9.66 Å². The Morgan fingerprint density at radius 1 is 1.29 bits per heavy atom. The fourth-order valence-electron chi connectivity index (χ4n) is 2.10. The number of benzene rings is 1. The van der Waals surface area contributed by atoms with E-state index in [-0.39, 0.29) is 4.90 Å². The van der Waals surface area contributed by atoms with Gasteiger partial charge in [-0.1, -0.05) is 6.07 Å². The Morgan fingerprint density at radius 3 is 2.59 bits per heavy atom. The van der Waals surface area contributed by atoms with Crippen molar-refractivity contribution in [3.63, 3.8) is 0 Å². The Labute approximate surface area is 98.8 Å². The number of rotatable bonds is 2. The van der Waals surface area contributed by atoms with Crippen LogP contribution in [0.3, 0.4) is 0 Å². The highest BCUT2D eigenvalue weighted by Gasteiger charge is 2.25. The highest BCUT2D eigenvalue weighted by molar-refractivity contribution is 7.85. The topological polar surface area (TPSA) is 91.7 Å². The molecule has 2 rings (SSSR count). The zero-order valence-corrected chi connectivity index (χ0v) is 9.77. The van der Waals surface area contributed by atoms with Crippen LogP contribution in [0.5, 0.6) is 0 Å². The minimum Gasteiger partial charge on any atom is -0.481 e. The minimum atomic E-state index is -4.22. The van der Waals surface area contributed by atoms with E-state index in [0.29, 0.717) is 24.8 Å². The largest absolute Gasteiger partial charge is 0.481 e. The molecule has 1 aromatic carbocycles. The molecule has 6 heteroatoms. The number of hydrogen-bond acceptors (Lipinski definition) is 3. The lowest BCUT2D eigenvalue weighted by molar-refractivity contribution is -0.142. The molecule has 0 aromatic heterocycles. The monoisotopic (exact) mass is 256 g/mol. The molecule has 92 valence electrons. The average molecular weight is 256 g/mol. The van der Waals surface area contributed by atoms with Crippen molar-refractivity contribution in [3.05, 3.63) is 29.3 Å². The van der Waals surface area contributed by atoms with Crippen molar-refractivity contribution in [1.29, 1.82) is 0 Å². The fraction of sp³-hybridized carbons (Fsp3) is 0.364. The lowest BCUT2D eigenvalue weighted by Crippen LogP contribution is -2.22. The molecule has 0 saturated carbocycles. The molecular formula is C11H12O5S. The first-order valence-corrected chi connectivity index (χ1v) is 6.64. The van der Waals surface area contributed by atoms with Gasteiger partial charge in [-0.2, -0.15) is 8.42 Å². The summed E-state index contributed by atoms with van der Waals surface area (Å²) < 4.78 is 30.9. The van der Waals surface area contributed by atoms with Gasteiger partial charge in [-0.25, -0.2) is 0 Å². The molecule has 0 spiro atoms. The van der Waals surface area contributed by atoms with Gasteiger partial charge in [-0.05, 0) is 42.5 Å². The molecule has 0 fully saturated rings. The van der Waals surface area contributed by atoms with Crippen LogP contribution in [0.25, 0.3) is 0 Å². The van der Waals surface area contributed by atoms with E-state index in [0.717, 1.165) is 5.56 Å². The second-order valence-corrected chi connectivity index (χ2v) is 5.61. The zero-order chi connectivity index (χ0) is 12.6. The molecule has 5 nitrogen and oxygen atoms in total. The van der Waals surface area contributed by atoms with Crippen LogP contribution >= 0.6 is 0 Å². The number of carboxylic acids is 1. The van der Waals surface area contributed by atoms with Crippen LogP contribution < -0.4 is 0 Å². The summed E-state index contributed by atoms with van der Waals surface area (Å²) in [6.45, 7) is 0. The first-order valence-electron chi connectivity index (χ1n) is 5.20. The van der Waals surface area contributed by atoms with Gasteiger partial charge in [0.1, 0.15) is 0 Å². The first-order chi connectivity index (χ1) is 7.88. The summed E-state index contributed by atoms with van der Waals surface area (Å²) >= 11 is 0. The highest BCUT2D eigenvalue weighted by atomic mass is 32.2. The van der Waals surface area contributed by atoms with Gasteiger partial charge in [0, 0.05) is 0 Å². The Morgan fingerprint density at radius 2 is 2.00 bits per heavy atom. The molecule has 0 bridgehead atoms. The van der Waals surface area contributed by atoms with E-state index in [9.17, 15) is 13.2 Å². The smallest absolute Gasteiger partial charge is 0.306 e. The summed E-state index contributed by atoms with van der Waals surface area (Å²) in [4.78, 5) is 10.7. The second kappa shape index (κ2) is 4.12. The van der Waals surface area contributed by atoms with Crippen molar-refractivity contribution in [1.82, 2.24) is 0 Å². The number of fused-ring (bicyclic) bond motifs is 1. The molecular weight excluding hydrogens is 244 g/mol. The van der Waals surface area contributed by atoms with Crippen LogP contribution in [0.1, 0.15) is 17.5 Å². The van der Waals surface area contributed by atoms with Crippen LogP contribution in [0, 0.1) is 5.92 Å².